The monoisotopic (exact) mass is 326 g/mol. The van der Waals surface area contributed by atoms with Gasteiger partial charge in [0, 0.05) is 6.61 Å². The van der Waals surface area contributed by atoms with Gasteiger partial charge in [-0.25, -0.2) is 9.59 Å². The summed E-state index contributed by atoms with van der Waals surface area (Å²) in [4.78, 5) is 23.3. The van der Waals surface area contributed by atoms with E-state index in [2.05, 4.69) is 0 Å². The Balaban J connectivity index is 2.77. The number of carboxylic acids is 1. The van der Waals surface area contributed by atoms with E-state index in [-0.39, 0.29) is 35.8 Å². The first-order chi connectivity index (χ1) is 11.0. The van der Waals surface area contributed by atoms with Gasteiger partial charge in [-0.2, -0.15) is 0 Å². The highest BCUT2D eigenvalue weighted by Gasteiger charge is 2.21. The van der Waals surface area contributed by atoms with Gasteiger partial charge in [-0.3, -0.25) is 0 Å². The molecule has 1 aromatic rings. The van der Waals surface area contributed by atoms with Gasteiger partial charge >= 0.3 is 11.9 Å². The average molecular weight is 326 g/mol. The number of benzene rings is 1. The molecule has 23 heavy (non-hydrogen) atoms. The van der Waals surface area contributed by atoms with E-state index >= 15 is 0 Å². The number of hydrogen-bond acceptors (Lipinski definition) is 6. The number of aliphatic hydroxyl groups is 1. The van der Waals surface area contributed by atoms with Gasteiger partial charge in [-0.15, -0.1) is 0 Å². The largest absolute Gasteiger partial charge is 0.496 e. The molecule has 0 bridgehead atoms. The highest BCUT2D eigenvalue weighted by molar-refractivity contribution is 5.97. The molecular formula is C16H22O7. The Bertz CT molecular complexity index is 539. The number of aliphatic hydroxyl groups excluding tert-OH is 1. The summed E-state index contributed by atoms with van der Waals surface area (Å²) in [5, 5.41) is 17.8. The second kappa shape index (κ2) is 9.68. The van der Waals surface area contributed by atoms with E-state index in [4.69, 9.17) is 24.4 Å². The van der Waals surface area contributed by atoms with E-state index < -0.39 is 11.9 Å². The fraction of sp³-hybridized carbons (Fsp3) is 0.500. The van der Waals surface area contributed by atoms with Crippen LogP contribution in [0.3, 0.4) is 0 Å². The molecule has 0 aliphatic rings. The lowest BCUT2D eigenvalue weighted by Crippen LogP contribution is -2.10. The lowest BCUT2D eigenvalue weighted by atomic mass is 10.1. The third kappa shape index (κ3) is 5.45. The molecule has 1 rings (SSSR count). The third-order valence-electron chi connectivity index (χ3n) is 3.26. The SMILES string of the molecule is COc1cc(C(=O)OCCCCCCO)c(OC)cc1C(=O)O. The fourth-order valence-corrected chi connectivity index (χ4v) is 2.03. The number of esters is 1. The van der Waals surface area contributed by atoms with Gasteiger partial charge in [0.2, 0.25) is 0 Å². The van der Waals surface area contributed by atoms with Crippen LogP contribution in [0.5, 0.6) is 11.5 Å². The maximum Gasteiger partial charge on any atom is 0.342 e. The van der Waals surface area contributed by atoms with Crippen LogP contribution in [0.1, 0.15) is 46.4 Å². The van der Waals surface area contributed by atoms with Crippen molar-refractivity contribution in [2.45, 2.75) is 25.7 Å². The van der Waals surface area contributed by atoms with Crippen LogP contribution in [0.25, 0.3) is 0 Å². The summed E-state index contributed by atoms with van der Waals surface area (Å²) in [6, 6.07) is 2.54. The Morgan fingerprint density at radius 1 is 0.957 bits per heavy atom. The number of ether oxygens (including phenoxy) is 3. The van der Waals surface area contributed by atoms with Crippen molar-refractivity contribution in [3.63, 3.8) is 0 Å². The summed E-state index contributed by atoms with van der Waals surface area (Å²) in [5.41, 5.74) is 0.0228. The van der Waals surface area contributed by atoms with E-state index in [0.717, 1.165) is 19.3 Å². The molecule has 128 valence electrons. The lowest BCUT2D eigenvalue weighted by molar-refractivity contribution is 0.0491. The predicted molar refractivity (Wildman–Crippen MR) is 82.3 cm³/mol. The molecule has 0 aliphatic heterocycles. The molecule has 0 heterocycles. The summed E-state index contributed by atoms with van der Waals surface area (Å²) in [7, 11) is 2.67. The number of unbranched alkanes of at least 4 members (excludes halogenated alkanes) is 3. The van der Waals surface area contributed by atoms with E-state index in [0.29, 0.717) is 6.42 Å². The molecule has 0 spiro atoms. The van der Waals surface area contributed by atoms with Crippen molar-refractivity contribution >= 4 is 11.9 Å². The molecule has 0 saturated carbocycles. The Morgan fingerprint density at radius 3 is 2.09 bits per heavy atom. The van der Waals surface area contributed by atoms with Crippen molar-refractivity contribution in [1.82, 2.24) is 0 Å². The number of carbonyl (C=O) groups excluding carboxylic acids is 1. The van der Waals surface area contributed by atoms with Crippen molar-refractivity contribution in [2.24, 2.45) is 0 Å². The van der Waals surface area contributed by atoms with Crippen molar-refractivity contribution in [1.29, 1.82) is 0 Å². The summed E-state index contributed by atoms with van der Waals surface area (Å²) in [6.07, 6.45) is 3.15. The minimum absolute atomic E-state index is 0.0631. The molecule has 1 aromatic carbocycles. The van der Waals surface area contributed by atoms with Crippen LogP contribution < -0.4 is 9.47 Å². The zero-order valence-electron chi connectivity index (χ0n) is 13.3. The number of hydrogen-bond donors (Lipinski definition) is 2. The van der Waals surface area contributed by atoms with E-state index in [9.17, 15) is 9.59 Å². The molecule has 0 radical (unpaired) electrons. The minimum Gasteiger partial charge on any atom is -0.496 e. The highest BCUT2D eigenvalue weighted by Crippen LogP contribution is 2.29. The zero-order valence-corrected chi connectivity index (χ0v) is 13.3. The highest BCUT2D eigenvalue weighted by atomic mass is 16.5. The van der Waals surface area contributed by atoms with Crippen LogP contribution in [0.4, 0.5) is 0 Å². The molecule has 0 aliphatic carbocycles. The van der Waals surface area contributed by atoms with Crippen molar-refractivity contribution < 1.29 is 34.0 Å². The van der Waals surface area contributed by atoms with E-state index in [1.165, 1.54) is 26.4 Å². The lowest BCUT2D eigenvalue weighted by Gasteiger charge is -2.12. The van der Waals surface area contributed by atoms with Gasteiger partial charge in [0.05, 0.1) is 20.8 Å². The fourth-order valence-electron chi connectivity index (χ4n) is 2.03. The maximum atomic E-state index is 12.1. The van der Waals surface area contributed by atoms with Crippen LogP contribution >= 0.6 is 0 Å². The first kappa shape index (κ1) is 18.8. The predicted octanol–water partition coefficient (Wildman–Crippen LogP) is 2.11. The van der Waals surface area contributed by atoms with Gasteiger partial charge in [-0.1, -0.05) is 6.42 Å². The first-order valence-electron chi connectivity index (χ1n) is 7.32. The Hall–Kier alpha value is -2.28. The molecule has 0 fully saturated rings. The second-order valence-electron chi connectivity index (χ2n) is 4.83. The Morgan fingerprint density at radius 2 is 1.52 bits per heavy atom. The topological polar surface area (TPSA) is 102 Å². The molecule has 0 atom stereocenters. The van der Waals surface area contributed by atoms with Crippen LogP contribution in [-0.4, -0.2) is 49.6 Å². The summed E-state index contributed by atoms with van der Waals surface area (Å²) < 4.78 is 15.2. The van der Waals surface area contributed by atoms with Crippen molar-refractivity contribution in [2.75, 3.05) is 27.4 Å². The number of rotatable bonds is 10. The minimum atomic E-state index is -1.18. The standard InChI is InChI=1S/C16H22O7/c1-21-13-10-12(14(22-2)9-11(13)15(18)19)16(20)23-8-6-4-3-5-7-17/h9-10,17H,3-8H2,1-2H3,(H,18,19). The third-order valence-corrected chi connectivity index (χ3v) is 3.26. The van der Waals surface area contributed by atoms with Gasteiger partial charge < -0.3 is 24.4 Å². The van der Waals surface area contributed by atoms with Crippen LogP contribution in [0.15, 0.2) is 12.1 Å². The van der Waals surface area contributed by atoms with Crippen molar-refractivity contribution in [3.8, 4) is 11.5 Å². The molecule has 7 heteroatoms. The molecule has 7 nitrogen and oxygen atoms in total. The van der Waals surface area contributed by atoms with Gasteiger partial charge in [-0.05, 0) is 31.4 Å². The summed E-state index contributed by atoms with van der Waals surface area (Å²) in [6.45, 7) is 0.406. The molecule has 0 aromatic heterocycles. The van der Waals surface area contributed by atoms with Gasteiger partial charge in [0.15, 0.2) is 0 Å². The number of aromatic carboxylic acids is 1. The van der Waals surface area contributed by atoms with E-state index in [1.54, 1.807) is 0 Å². The summed E-state index contributed by atoms with van der Waals surface area (Å²) in [5.74, 6) is -1.59. The average Bonchev–Trinajstić information content (AvgIpc) is 2.56. The quantitative estimate of drug-likeness (QED) is 0.501. The van der Waals surface area contributed by atoms with E-state index in [1.807, 2.05) is 0 Å². The maximum absolute atomic E-state index is 12.1. The molecule has 0 saturated heterocycles. The zero-order chi connectivity index (χ0) is 17.2. The van der Waals surface area contributed by atoms with Gasteiger partial charge in [0.25, 0.3) is 0 Å². The molecular weight excluding hydrogens is 304 g/mol. The van der Waals surface area contributed by atoms with Gasteiger partial charge in [0.1, 0.15) is 22.6 Å². The van der Waals surface area contributed by atoms with Crippen molar-refractivity contribution in [3.05, 3.63) is 23.3 Å². The first-order valence-corrected chi connectivity index (χ1v) is 7.32. The molecule has 0 amide bonds. The van der Waals surface area contributed by atoms with Crippen LogP contribution in [0, 0.1) is 0 Å². The Kier molecular flexibility index (Phi) is 7.90. The number of carboxylic acid groups (broad SMARTS) is 1. The Labute approximate surface area is 134 Å². The summed E-state index contributed by atoms with van der Waals surface area (Å²) >= 11 is 0. The normalized spacial score (nSPS) is 10.2. The smallest absolute Gasteiger partial charge is 0.342 e. The second-order valence-corrected chi connectivity index (χ2v) is 4.83. The van der Waals surface area contributed by atoms with Crippen LogP contribution in [-0.2, 0) is 4.74 Å². The molecule has 0 unspecified atom stereocenters. The number of carbonyl (C=O) groups is 2. The number of methoxy groups -OCH3 is 2. The molecule has 2 N–H and O–H groups in total. The van der Waals surface area contributed by atoms with Crippen LogP contribution in [0.2, 0.25) is 0 Å².